The van der Waals surface area contributed by atoms with E-state index in [4.69, 9.17) is 4.74 Å². The third-order valence-corrected chi connectivity index (χ3v) is 3.88. The summed E-state index contributed by atoms with van der Waals surface area (Å²) < 4.78 is 5.84. The fourth-order valence-corrected chi connectivity index (χ4v) is 2.51. The van der Waals surface area contributed by atoms with Crippen LogP contribution in [-0.2, 0) is 4.79 Å². The molecule has 0 fully saturated rings. The van der Waals surface area contributed by atoms with E-state index >= 15 is 0 Å². The van der Waals surface area contributed by atoms with Gasteiger partial charge >= 0.3 is 5.97 Å². The van der Waals surface area contributed by atoms with Crippen LogP contribution in [0.1, 0.15) is 43.7 Å². The number of benzene rings is 2. The van der Waals surface area contributed by atoms with Crippen LogP contribution < -0.4 is 4.74 Å². The molecular weight excluding hydrogens is 316 g/mol. The number of rotatable bonds is 9. The fourth-order valence-electron chi connectivity index (χ4n) is 2.51. The molecule has 0 spiro atoms. The summed E-state index contributed by atoms with van der Waals surface area (Å²) in [5.74, 6) is -0.246. The van der Waals surface area contributed by atoms with Gasteiger partial charge in [-0.2, -0.15) is 0 Å². The molecule has 0 unspecified atom stereocenters. The largest absolute Gasteiger partial charge is 0.508 e. The minimum absolute atomic E-state index is 0.101. The predicted molar refractivity (Wildman–Crippen MR) is 99.7 cm³/mol. The van der Waals surface area contributed by atoms with Gasteiger partial charge in [-0.25, -0.2) is 4.79 Å². The molecule has 0 radical (unpaired) electrons. The summed E-state index contributed by atoms with van der Waals surface area (Å²) in [5, 5.41) is 18.9. The summed E-state index contributed by atoms with van der Waals surface area (Å²) in [7, 11) is 0. The summed E-state index contributed by atoms with van der Waals surface area (Å²) in [5.41, 5.74) is 1.41. The summed E-state index contributed by atoms with van der Waals surface area (Å²) >= 11 is 0. The highest BCUT2D eigenvalue weighted by atomic mass is 16.5. The molecule has 2 rings (SSSR count). The fraction of sp³-hybridized carbons (Fsp3) is 0.286. The molecule has 0 saturated carbocycles. The Kier molecular flexibility index (Phi) is 7.08. The maximum atomic E-state index is 11.7. The van der Waals surface area contributed by atoms with Gasteiger partial charge in [-0.05, 0) is 36.3 Å². The number of aromatic hydroxyl groups is 1. The molecule has 132 valence electrons. The van der Waals surface area contributed by atoms with Crippen molar-refractivity contribution in [3.63, 3.8) is 0 Å². The smallest absolute Gasteiger partial charge is 0.336 e. The monoisotopic (exact) mass is 340 g/mol. The Bertz CT molecular complexity index is 717. The average molecular weight is 340 g/mol. The van der Waals surface area contributed by atoms with E-state index in [0.29, 0.717) is 17.9 Å². The van der Waals surface area contributed by atoms with Crippen molar-refractivity contribution in [3.8, 4) is 11.5 Å². The second-order valence-electron chi connectivity index (χ2n) is 5.86. The van der Waals surface area contributed by atoms with Gasteiger partial charge in [0.1, 0.15) is 11.5 Å². The number of aliphatic carboxylic acids is 1. The third kappa shape index (κ3) is 5.68. The van der Waals surface area contributed by atoms with Crippen LogP contribution in [0.3, 0.4) is 0 Å². The number of hydrogen-bond acceptors (Lipinski definition) is 3. The van der Waals surface area contributed by atoms with Crippen LogP contribution in [-0.4, -0.2) is 22.8 Å². The van der Waals surface area contributed by atoms with Gasteiger partial charge in [0.2, 0.25) is 0 Å². The average Bonchev–Trinajstić information content (AvgIpc) is 2.61. The molecule has 4 heteroatoms. The van der Waals surface area contributed by atoms with Gasteiger partial charge in [0.05, 0.1) is 12.2 Å². The number of unbranched alkanes of at least 4 members (excludes halogenated alkanes) is 3. The van der Waals surface area contributed by atoms with Gasteiger partial charge in [-0.1, -0.05) is 56.5 Å². The topological polar surface area (TPSA) is 66.8 Å². The van der Waals surface area contributed by atoms with Crippen molar-refractivity contribution in [2.75, 3.05) is 6.61 Å². The van der Waals surface area contributed by atoms with Gasteiger partial charge in [-0.15, -0.1) is 0 Å². The highest BCUT2D eigenvalue weighted by molar-refractivity contribution is 6.20. The lowest BCUT2D eigenvalue weighted by Gasteiger charge is -2.10. The quantitative estimate of drug-likeness (QED) is 0.384. The lowest BCUT2D eigenvalue weighted by molar-refractivity contribution is -0.130. The summed E-state index contributed by atoms with van der Waals surface area (Å²) in [6.07, 6.45) is 6.08. The molecule has 0 bridgehead atoms. The van der Waals surface area contributed by atoms with Crippen LogP contribution in [0.4, 0.5) is 0 Å². The van der Waals surface area contributed by atoms with Gasteiger partial charge in [0, 0.05) is 5.56 Å². The first-order valence-electron chi connectivity index (χ1n) is 8.58. The first-order chi connectivity index (χ1) is 12.1. The summed E-state index contributed by atoms with van der Waals surface area (Å²) in [6.45, 7) is 2.78. The van der Waals surface area contributed by atoms with E-state index in [0.717, 1.165) is 18.4 Å². The van der Waals surface area contributed by atoms with E-state index in [9.17, 15) is 15.0 Å². The number of phenolic OH excluding ortho intramolecular Hbond substituents is 1. The molecule has 0 atom stereocenters. The minimum Gasteiger partial charge on any atom is -0.508 e. The molecule has 4 nitrogen and oxygen atoms in total. The van der Waals surface area contributed by atoms with Crippen molar-refractivity contribution >= 4 is 17.6 Å². The molecule has 0 saturated heterocycles. The normalized spacial score (nSPS) is 11.3. The number of carboxylic acid groups (broad SMARTS) is 1. The van der Waals surface area contributed by atoms with Crippen LogP contribution in [0, 0.1) is 0 Å². The molecule has 0 heterocycles. The minimum atomic E-state index is -1.02. The van der Waals surface area contributed by atoms with Gasteiger partial charge in [0.15, 0.2) is 0 Å². The number of hydrogen-bond donors (Lipinski definition) is 2. The Hall–Kier alpha value is -2.75. The Morgan fingerprint density at radius 3 is 2.44 bits per heavy atom. The molecule has 25 heavy (non-hydrogen) atoms. The summed E-state index contributed by atoms with van der Waals surface area (Å²) in [6, 6.07) is 13.5. The maximum Gasteiger partial charge on any atom is 0.336 e. The van der Waals surface area contributed by atoms with Crippen molar-refractivity contribution in [2.24, 2.45) is 0 Å². The zero-order valence-electron chi connectivity index (χ0n) is 14.4. The molecule has 0 aliphatic heterocycles. The van der Waals surface area contributed by atoms with E-state index < -0.39 is 5.97 Å². The van der Waals surface area contributed by atoms with Gasteiger partial charge < -0.3 is 14.9 Å². The maximum absolute atomic E-state index is 11.7. The predicted octanol–water partition coefficient (Wildman–Crippen LogP) is 4.98. The van der Waals surface area contributed by atoms with Crippen molar-refractivity contribution in [1.82, 2.24) is 0 Å². The van der Waals surface area contributed by atoms with Crippen molar-refractivity contribution in [3.05, 3.63) is 59.7 Å². The number of ether oxygens (including phenoxy) is 1. The van der Waals surface area contributed by atoms with E-state index in [1.807, 2.05) is 24.3 Å². The van der Waals surface area contributed by atoms with Crippen molar-refractivity contribution in [1.29, 1.82) is 0 Å². The molecular formula is C21H24O4. The number of carboxylic acids is 1. The second-order valence-corrected chi connectivity index (χ2v) is 5.86. The zero-order valence-corrected chi connectivity index (χ0v) is 14.4. The molecule has 2 aromatic carbocycles. The highest BCUT2D eigenvalue weighted by Crippen LogP contribution is 2.26. The molecule has 0 aliphatic rings. The lowest BCUT2D eigenvalue weighted by atomic mass is 10.0. The van der Waals surface area contributed by atoms with Gasteiger partial charge in [0.25, 0.3) is 0 Å². The van der Waals surface area contributed by atoms with E-state index in [2.05, 4.69) is 6.92 Å². The first kappa shape index (κ1) is 18.6. The first-order valence-corrected chi connectivity index (χ1v) is 8.58. The number of carbonyl (C=O) groups is 1. The van der Waals surface area contributed by atoms with Crippen LogP contribution in [0.15, 0.2) is 48.5 Å². The molecule has 0 amide bonds. The van der Waals surface area contributed by atoms with Crippen molar-refractivity contribution < 1.29 is 19.7 Å². The van der Waals surface area contributed by atoms with E-state index in [1.54, 1.807) is 18.2 Å². The van der Waals surface area contributed by atoms with Crippen LogP contribution in [0.25, 0.3) is 11.6 Å². The van der Waals surface area contributed by atoms with E-state index in [-0.39, 0.29) is 11.3 Å². The SMILES string of the molecule is CCCCCCOc1ccccc1/C=C(\C(=O)O)c1ccc(O)cc1. The third-order valence-electron chi connectivity index (χ3n) is 3.88. The highest BCUT2D eigenvalue weighted by Gasteiger charge is 2.12. The Labute approximate surface area is 148 Å². The van der Waals surface area contributed by atoms with Crippen LogP contribution in [0.2, 0.25) is 0 Å². The molecule has 0 aliphatic carbocycles. The molecule has 2 N–H and O–H groups in total. The molecule has 2 aromatic rings. The van der Waals surface area contributed by atoms with Crippen molar-refractivity contribution in [2.45, 2.75) is 32.6 Å². The standard InChI is InChI=1S/C21H24O4/c1-2-3-4-7-14-25-20-9-6-5-8-17(20)15-19(21(23)24)16-10-12-18(22)13-11-16/h5-6,8-13,15,22H,2-4,7,14H2,1H3,(H,23,24)/b19-15-. The van der Waals surface area contributed by atoms with Gasteiger partial charge in [-0.3, -0.25) is 0 Å². The lowest BCUT2D eigenvalue weighted by Crippen LogP contribution is -2.01. The number of phenols is 1. The molecule has 0 aromatic heterocycles. The zero-order chi connectivity index (χ0) is 18.1. The Balaban J connectivity index is 2.21. The van der Waals surface area contributed by atoms with E-state index in [1.165, 1.54) is 25.0 Å². The van der Waals surface area contributed by atoms with Crippen LogP contribution in [0.5, 0.6) is 11.5 Å². The van der Waals surface area contributed by atoms with Crippen LogP contribution >= 0.6 is 0 Å². The Morgan fingerprint density at radius 1 is 1.04 bits per heavy atom. The summed E-state index contributed by atoms with van der Waals surface area (Å²) in [4.78, 5) is 11.7. The number of para-hydroxylation sites is 1. The Morgan fingerprint density at radius 2 is 1.76 bits per heavy atom. The second kappa shape index (κ2) is 9.52.